The Bertz CT molecular complexity index is 956. The predicted octanol–water partition coefficient (Wildman–Crippen LogP) is 2.12. The molecule has 2 amide bonds. The van der Waals surface area contributed by atoms with E-state index in [9.17, 15) is 9.59 Å². The highest BCUT2D eigenvalue weighted by atomic mass is 32.2. The van der Waals surface area contributed by atoms with Gasteiger partial charge in [0, 0.05) is 5.69 Å². The number of aliphatic imine (C=N–C) groups is 1. The molecule has 0 saturated carbocycles. The van der Waals surface area contributed by atoms with E-state index in [4.69, 9.17) is 0 Å². The lowest BCUT2D eigenvalue weighted by Crippen LogP contribution is -2.44. The zero-order valence-corrected chi connectivity index (χ0v) is 17.4. The number of allylic oxidation sites excluding steroid dienone is 1. The zero-order valence-electron chi connectivity index (χ0n) is 15.7. The van der Waals surface area contributed by atoms with Crippen molar-refractivity contribution >= 4 is 46.9 Å². The Morgan fingerprint density at radius 3 is 2.93 bits per heavy atom. The van der Waals surface area contributed by atoms with Crippen LogP contribution < -0.4 is 10.6 Å². The van der Waals surface area contributed by atoms with Crippen molar-refractivity contribution in [3.8, 4) is 0 Å². The van der Waals surface area contributed by atoms with E-state index in [-0.39, 0.29) is 28.9 Å². The van der Waals surface area contributed by atoms with Crippen molar-refractivity contribution in [2.45, 2.75) is 18.8 Å². The van der Waals surface area contributed by atoms with Gasteiger partial charge in [0.05, 0.1) is 24.0 Å². The standard InChI is InChI=1S/C19H20N6O2S2/c1-12-6-15-18(27)23-16(24-19(15)29-12)8-28-9-17(26)22-14-4-2-13(3-5-14)7-25-11-20-10-21-25/h2-6,10-11,15,19H,7-9H2,1H3,(H,22,26)(H,23,24,27)/t15-,19+/m1/s1. The number of amidine groups is 1. The lowest BCUT2D eigenvalue weighted by Gasteiger charge is -2.22. The summed E-state index contributed by atoms with van der Waals surface area (Å²) in [5.41, 5.74) is 1.81. The second-order valence-corrected chi connectivity index (χ2v) is 9.06. The molecule has 10 heteroatoms. The molecule has 2 atom stereocenters. The number of amides is 2. The summed E-state index contributed by atoms with van der Waals surface area (Å²) in [5.74, 6) is 1.15. The van der Waals surface area contributed by atoms with Crippen molar-refractivity contribution < 1.29 is 9.59 Å². The Morgan fingerprint density at radius 1 is 1.34 bits per heavy atom. The van der Waals surface area contributed by atoms with Gasteiger partial charge in [0.15, 0.2) is 0 Å². The van der Waals surface area contributed by atoms with Crippen LogP contribution in [0.3, 0.4) is 0 Å². The van der Waals surface area contributed by atoms with E-state index in [1.54, 1.807) is 22.8 Å². The highest BCUT2D eigenvalue weighted by Crippen LogP contribution is 2.38. The number of aromatic nitrogens is 3. The van der Waals surface area contributed by atoms with Crippen LogP contribution in [0.15, 0.2) is 52.9 Å². The van der Waals surface area contributed by atoms with Gasteiger partial charge in [-0.1, -0.05) is 18.2 Å². The summed E-state index contributed by atoms with van der Waals surface area (Å²) in [5, 5.41) is 9.74. The van der Waals surface area contributed by atoms with Crippen LogP contribution >= 0.6 is 23.5 Å². The number of hydrogen-bond acceptors (Lipinski definition) is 7. The van der Waals surface area contributed by atoms with Crippen LogP contribution in [0, 0.1) is 5.92 Å². The first-order valence-electron chi connectivity index (χ1n) is 9.08. The summed E-state index contributed by atoms with van der Waals surface area (Å²) in [6, 6.07) is 7.63. The summed E-state index contributed by atoms with van der Waals surface area (Å²) in [4.78, 5) is 34.0. The lowest BCUT2D eigenvalue weighted by molar-refractivity contribution is -0.122. The van der Waals surface area contributed by atoms with E-state index in [2.05, 4.69) is 25.7 Å². The Labute approximate surface area is 176 Å². The first-order valence-corrected chi connectivity index (χ1v) is 11.1. The Hall–Kier alpha value is -2.59. The summed E-state index contributed by atoms with van der Waals surface area (Å²) in [7, 11) is 0. The number of anilines is 1. The molecular formula is C19H20N6O2S2. The Balaban J connectivity index is 1.22. The lowest BCUT2D eigenvalue weighted by atomic mass is 10.1. The van der Waals surface area contributed by atoms with Crippen molar-refractivity contribution in [3.63, 3.8) is 0 Å². The summed E-state index contributed by atoms with van der Waals surface area (Å²) in [6.07, 6.45) is 5.12. The van der Waals surface area contributed by atoms with Crippen LogP contribution in [0.5, 0.6) is 0 Å². The number of rotatable bonds is 7. The monoisotopic (exact) mass is 428 g/mol. The minimum absolute atomic E-state index is 0.0135. The van der Waals surface area contributed by atoms with E-state index < -0.39 is 0 Å². The molecular weight excluding hydrogens is 408 g/mol. The third-order valence-corrected chi connectivity index (χ3v) is 6.49. The fraction of sp³-hybridized carbons (Fsp3) is 0.316. The van der Waals surface area contributed by atoms with Crippen LogP contribution in [-0.4, -0.2) is 49.3 Å². The van der Waals surface area contributed by atoms with Crippen LogP contribution in [0.4, 0.5) is 5.69 Å². The fourth-order valence-corrected chi connectivity index (χ4v) is 4.90. The molecule has 4 rings (SSSR count). The molecule has 3 heterocycles. The topological polar surface area (TPSA) is 101 Å². The summed E-state index contributed by atoms with van der Waals surface area (Å²) < 4.78 is 1.74. The number of nitrogens with zero attached hydrogens (tertiary/aromatic N) is 4. The minimum Gasteiger partial charge on any atom is -0.325 e. The third-order valence-electron chi connectivity index (χ3n) is 4.40. The molecule has 0 fully saturated rings. The molecule has 2 N–H and O–H groups in total. The molecule has 0 aliphatic carbocycles. The third kappa shape index (κ3) is 5.07. The number of nitrogens with one attached hydrogen (secondary N) is 2. The molecule has 2 aromatic rings. The highest BCUT2D eigenvalue weighted by molar-refractivity contribution is 8.04. The van der Waals surface area contributed by atoms with Crippen LogP contribution in [0.2, 0.25) is 0 Å². The molecule has 0 unspecified atom stereocenters. The Kier molecular flexibility index (Phi) is 6.00. The smallest absolute Gasteiger partial charge is 0.235 e. The van der Waals surface area contributed by atoms with E-state index in [1.165, 1.54) is 18.1 Å². The maximum Gasteiger partial charge on any atom is 0.235 e. The SMILES string of the molecule is CC1=C[C@@H]2C(=O)NC(CSCC(=O)Nc3ccc(Cn4cncn4)cc3)=N[C@H]2S1. The number of benzene rings is 1. The van der Waals surface area contributed by atoms with Crippen molar-refractivity contribution in [1.29, 1.82) is 0 Å². The van der Waals surface area contributed by atoms with Gasteiger partial charge in [-0.05, 0) is 29.5 Å². The second kappa shape index (κ2) is 8.83. The van der Waals surface area contributed by atoms with Crippen molar-refractivity contribution in [2.75, 3.05) is 16.8 Å². The molecule has 150 valence electrons. The molecule has 2 aliphatic heterocycles. The average Bonchev–Trinajstić information content (AvgIpc) is 3.32. The van der Waals surface area contributed by atoms with Crippen molar-refractivity contribution in [2.24, 2.45) is 10.9 Å². The molecule has 29 heavy (non-hydrogen) atoms. The van der Waals surface area contributed by atoms with Gasteiger partial charge in [0.25, 0.3) is 0 Å². The predicted molar refractivity (Wildman–Crippen MR) is 116 cm³/mol. The summed E-state index contributed by atoms with van der Waals surface area (Å²) >= 11 is 3.04. The first-order chi connectivity index (χ1) is 14.1. The van der Waals surface area contributed by atoms with Gasteiger partial charge < -0.3 is 10.6 Å². The highest BCUT2D eigenvalue weighted by Gasteiger charge is 2.36. The molecule has 2 aliphatic rings. The quantitative estimate of drug-likeness (QED) is 0.701. The van der Waals surface area contributed by atoms with E-state index >= 15 is 0 Å². The molecule has 1 aromatic heterocycles. The largest absolute Gasteiger partial charge is 0.325 e. The zero-order chi connectivity index (χ0) is 20.2. The van der Waals surface area contributed by atoms with Gasteiger partial charge in [-0.3, -0.25) is 14.6 Å². The summed E-state index contributed by atoms with van der Waals surface area (Å²) in [6.45, 7) is 2.62. The second-order valence-electron chi connectivity index (χ2n) is 6.71. The number of fused-ring (bicyclic) bond motifs is 1. The molecule has 0 spiro atoms. The van der Waals surface area contributed by atoms with Gasteiger partial charge in [-0.2, -0.15) is 5.10 Å². The van der Waals surface area contributed by atoms with Gasteiger partial charge in [0.2, 0.25) is 11.8 Å². The maximum atomic E-state index is 12.2. The van der Waals surface area contributed by atoms with Crippen molar-refractivity contribution in [3.05, 3.63) is 53.5 Å². The molecule has 1 aromatic carbocycles. The van der Waals surface area contributed by atoms with Gasteiger partial charge in [-0.25, -0.2) is 9.67 Å². The van der Waals surface area contributed by atoms with Crippen molar-refractivity contribution in [1.82, 2.24) is 20.1 Å². The van der Waals surface area contributed by atoms with E-state index in [1.807, 2.05) is 37.3 Å². The average molecular weight is 429 g/mol. The number of thioether (sulfide) groups is 2. The number of carbonyl (C=O) groups is 2. The van der Waals surface area contributed by atoms with Crippen LogP contribution in [-0.2, 0) is 16.1 Å². The van der Waals surface area contributed by atoms with Gasteiger partial charge in [0.1, 0.15) is 23.9 Å². The molecule has 0 bridgehead atoms. The number of hydrogen-bond donors (Lipinski definition) is 2. The molecule has 0 radical (unpaired) electrons. The first kappa shape index (κ1) is 19.7. The van der Waals surface area contributed by atoms with E-state index in [0.717, 1.165) is 16.2 Å². The van der Waals surface area contributed by atoms with E-state index in [0.29, 0.717) is 18.1 Å². The maximum absolute atomic E-state index is 12.2. The number of carbonyl (C=O) groups excluding carboxylic acids is 2. The van der Waals surface area contributed by atoms with Crippen LogP contribution in [0.25, 0.3) is 0 Å². The fourth-order valence-electron chi connectivity index (χ4n) is 3.07. The van der Waals surface area contributed by atoms with Gasteiger partial charge >= 0.3 is 0 Å². The minimum atomic E-state index is -0.176. The molecule has 0 saturated heterocycles. The van der Waals surface area contributed by atoms with Gasteiger partial charge in [-0.15, -0.1) is 23.5 Å². The normalized spacial score (nSPS) is 20.5. The van der Waals surface area contributed by atoms with Crippen LogP contribution in [0.1, 0.15) is 12.5 Å². The molecule has 8 nitrogen and oxygen atoms in total. The Morgan fingerprint density at radius 2 is 2.17 bits per heavy atom.